The molecule has 0 unspecified atom stereocenters. The highest BCUT2D eigenvalue weighted by Gasteiger charge is 2.21. The Morgan fingerprint density at radius 2 is 1.64 bits per heavy atom. The molecule has 0 spiro atoms. The lowest BCUT2D eigenvalue weighted by Gasteiger charge is -2.37. The van der Waals surface area contributed by atoms with E-state index in [1.54, 1.807) is 12.1 Å². The number of rotatable bonds is 4. The standard InChI is InChI=1S/C17H17FN4O3/c18-15-11-14(22(24)25)5-6-16(15)21-9-7-20(8-10-21)13-3-1-12(2-4-13)17(19)23/h1-6,11H,7-10H2,(H2,19,23). The lowest BCUT2D eigenvalue weighted by atomic mass is 10.1. The number of primary amides is 1. The maximum Gasteiger partial charge on any atom is 0.272 e. The molecule has 1 saturated heterocycles. The summed E-state index contributed by atoms with van der Waals surface area (Å²) in [5, 5.41) is 10.7. The summed E-state index contributed by atoms with van der Waals surface area (Å²) in [4.78, 5) is 25.2. The van der Waals surface area contributed by atoms with Crippen LogP contribution >= 0.6 is 0 Å². The van der Waals surface area contributed by atoms with Crippen LogP contribution < -0.4 is 15.5 Å². The number of piperazine rings is 1. The van der Waals surface area contributed by atoms with Gasteiger partial charge in [-0.25, -0.2) is 4.39 Å². The van der Waals surface area contributed by atoms with Crippen molar-refractivity contribution in [1.82, 2.24) is 0 Å². The Morgan fingerprint density at radius 1 is 1.04 bits per heavy atom. The molecule has 2 N–H and O–H groups in total. The van der Waals surface area contributed by atoms with E-state index in [4.69, 9.17) is 5.73 Å². The lowest BCUT2D eigenvalue weighted by Crippen LogP contribution is -2.46. The Kier molecular flexibility index (Phi) is 4.51. The summed E-state index contributed by atoms with van der Waals surface area (Å²) in [5.74, 6) is -1.06. The van der Waals surface area contributed by atoms with Gasteiger partial charge in [0.25, 0.3) is 5.69 Å². The molecule has 1 heterocycles. The van der Waals surface area contributed by atoms with Gasteiger partial charge in [0.15, 0.2) is 5.82 Å². The molecule has 0 radical (unpaired) electrons. The summed E-state index contributed by atoms with van der Waals surface area (Å²) in [6.45, 7) is 2.53. The lowest BCUT2D eigenvalue weighted by molar-refractivity contribution is -0.385. The SMILES string of the molecule is NC(=O)c1ccc(N2CCN(c3ccc([N+](=O)[O-])cc3F)CC2)cc1. The predicted octanol–water partition coefficient (Wildman–Crippen LogP) is 2.16. The first-order chi connectivity index (χ1) is 12.0. The smallest absolute Gasteiger partial charge is 0.272 e. The van der Waals surface area contributed by atoms with Crippen molar-refractivity contribution >= 4 is 23.0 Å². The van der Waals surface area contributed by atoms with Gasteiger partial charge in [0.1, 0.15) is 0 Å². The van der Waals surface area contributed by atoms with Gasteiger partial charge in [-0.2, -0.15) is 0 Å². The molecule has 0 saturated carbocycles. The third kappa shape index (κ3) is 3.52. The molecule has 1 aliphatic rings. The number of anilines is 2. The number of non-ortho nitro benzene ring substituents is 1. The molecule has 0 atom stereocenters. The van der Waals surface area contributed by atoms with E-state index in [1.165, 1.54) is 12.1 Å². The Bertz CT molecular complexity index is 802. The summed E-state index contributed by atoms with van der Waals surface area (Å²) in [7, 11) is 0. The Labute approximate surface area is 143 Å². The molecular weight excluding hydrogens is 327 g/mol. The number of halogens is 1. The van der Waals surface area contributed by atoms with Crippen LogP contribution in [-0.4, -0.2) is 37.0 Å². The second kappa shape index (κ2) is 6.76. The second-order valence-corrected chi connectivity index (χ2v) is 5.78. The Balaban J connectivity index is 1.67. The zero-order valence-corrected chi connectivity index (χ0v) is 13.4. The molecule has 2 aromatic carbocycles. The average molecular weight is 344 g/mol. The van der Waals surface area contributed by atoms with Gasteiger partial charge in [0.2, 0.25) is 5.91 Å². The first kappa shape index (κ1) is 16.7. The molecule has 2 aromatic rings. The van der Waals surface area contributed by atoms with E-state index in [0.29, 0.717) is 37.4 Å². The quantitative estimate of drug-likeness (QED) is 0.678. The van der Waals surface area contributed by atoms with Crippen molar-refractivity contribution in [2.45, 2.75) is 0 Å². The van der Waals surface area contributed by atoms with Crippen LogP contribution in [0.2, 0.25) is 0 Å². The molecule has 25 heavy (non-hydrogen) atoms. The van der Waals surface area contributed by atoms with Gasteiger partial charge in [-0.1, -0.05) is 0 Å². The summed E-state index contributed by atoms with van der Waals surface area (Å²) >= 11 is 0. The number of nitrogens with two attached hydrogens (primary N) is 1. The molecule has 0 aromatic heterocycles. The number of carbonyl (C=O) groups is 1. The summed E-state index contributed by atoms with van der Waals surface area (Å²) in [5.41, 5.74) is 6.77. The highest BCUT2D eigenvalue weighted by molar-refractivity contribution is 5.93. The number of hydrogen-bond acceptors (Lipinski definition) is 5. The molecule has 130 valence electrons. The van der Waals surface area contributed by atoms with Crippen molar-refractivity contribution in [2.75, 3.05) is 36.0 Å². The van der Waals surface area contributed by atoms with Crippen LogP contribution in [0.4, 0.5) is 21.5 Å². The molecule has 1 aliphatic heterocycles. The first-order valence-corrected chi connectivity index (χ1v) is 7.79. The molecule has 1 amide bonds. The van der Waals surface area contributed by atoms with Gasteiger partial charge in [0, 0.05) is 43.5 Å². The van der Waals surface area contributed by atoms with Crippen LogP contribution in [0, 0.1) is 15.9 Å². The monoisotopic (exact) mass is 344 g/mol. The Hall–Kier alpha value is -3.16. The van der Waals surface area contributed by atoms with Gasteiger partial charge in [-0.3, -0.25) is 14.9 Å². The van der Waals surface area contributed by atoms with E-state index < -0.39 is 16.6 Å². The molecular formula is C17H17FN4O3. The predicted molar refractivity (Wildman–Crippen MR) is 92.4 cm³/mol. The third-order valence-corrected chi connectivity index (χ3v) is 4.28. The van der Waals surface area contributed by atoms with Crippen molar-refractivity contribution in [3.8, 4) is 0 Å². The van der Waals surface area contributed by atoms with Crippen molar-refractivity contribution in [3.05, 3.63) is 64.0 Å². The Morgan fingerprint density at radius 3 is 2.16 bits per heavy atom. The molecule has 0 aliphatic carbocycles. The number of hydrogen-bond donors (Lipinski definition) is 1. The van der Waals surface area contributed by atoms with Gasteiger partial charge >= 0.3 is 0 Å². The minimum Gasteiger partial charge on any atom is -0.368 e. The third-order valence-electron chi connectivity index (χ3n) is 4.28. The topological polar surface area (TPSA) is 92.7 Å². The van der Waals surface area contributed by atoms with Gasteiger partial charge in [-0.05, 0) is 30.3 Å². The second-order valence-electron chi connectivity index (χ2n) is 5.78. The number of benzene rings is 2. The summed E-state index contributed by atoms with van der Waals surface area (Å²) in [6.07, 6.45) is 0. The van der Waals surface area contributed by atoms with Crippen molar-refractivity contribution < 1.29 is 14.1 Å². The number of amides is 1. The van der Waals surface area contributed by atoms with Crippen LogP contribution in [-0.2, 0) is 0 Å². The minimum atomic E-state index is -0.611. The molecule has 8 heteroatoms. The van der Waals surface area contributed by atoms with Gasteiger partial charge in [-0.15, -0.1) is 0 Å². The molecule has 7 nitrogen and oxygen atoms in total. The number of nitro groups is 1. The van der Waals surface area contributed by atoms with Crippen LogP contribution in [0.3, 0.4) is 0 Å². The maximum atomic E-state index is 14.1. The van der Waals surface area contributed by atoms with Gasteiger partial charge < -0.3 is 15.5 Å². The van der Waals surface area contributed by atoms with Crippen LogP contribution in [0.15, 0.2) is 42.5 Å². The van der Waals surface area contributed by atoms with Crippen LogP contribution in [0.25, 0.3) is 0 Å². The number of nitro benzene ring substituents is 1. The largest absolute Gasteiger partial charge is 0.368 e. The van der Waals surface area contributed by atoms with E-state index in [0.717, 1.165) is 11.8 Å². The van der Waals surface area contributed by atoms with E-state index >= 15 is 0 Å². The fourth-order valence-corrected chi connectivity index (χ4v) is 2.91. The highest BCUT2D eigenvalue weighted by atomic mass is 19.1. The molecule has 3 rings (SSSR count). The zero-order chi connectivity index (χ0) is 18.0. The summed E-state index contributed by atoms with van der Waals surface area (Å²) < 4.78 is 14.1. The van der Waals surface area contributed by atoms with E-state index in [-0.39, 0.29) is 5.69 Å². The van der Waals surface area contributed by atoms with Crippen LogP contribution in [0.5, 0.6) is 0 Å². The van der Waals surface area contributed by atoms with E-state index in [9.17, 15) is 19.3 Å². The number of carbonyl (C=O) groups excluding carboxylic acids is 1. The highest BCUT2D eigenvalue weighted by Crippen LogP contribution is 2.26. The fourth-order valence-electron chi connectivity index (χ4n) is 2.91. The van der Waals surface area contributed by atoms with Gasteiger partial charge in [0.05, 0.1) is 16.7 Å². The fraction of sp³-hybridized carbons (Fsp3) is 0.235. The first-order valence-electron chi connectivity index (χ1n) is 7.79. The van der Waals surface area contributed by atoms with Crippen LogP contribution in [0.1, 0.15) is 10.4 Å². The number of nitrogens with zero attached hydrogens (tertiary/aromatic N) is 3. The summed E-state index contributed by atoms with van der Waals surface area (Å²) in [6, 6.07) is 10.7. The van der Waals surface area contributed by atoms with Crippen molar-refractivity contribution in [3.63, 3.8) is 0 Å². The molecule has 0 bridgehead atoms. The zero-order valence-electron chi connectivity index (χ0n) is 13.4. The minimum absolute atomic E-state index is 0.255. The van der Waals surface area contributed by atoms with Crippen molar-refractivity contribution in [2.24, 2.45) is 5.73 Å². The normalized spacial score (nSPS) is 14.4. The molecule has 1 fully saturated rings. The average Bonchev–Trinajstić information content (AvgIpc) is 2.62. The van der Waals surface area contributed by atoms with E-state index in [1.807, 2.05) is 17.0 Å². The van der Waals surface area contributed by atoms with Crippen molar-refractivity contribution in [1.29, 1.82) is 0 Å². The maximum absolute atomic E-state index is 14.1. The van der Waals surface area contributed by atoms with E-state index in [2.05, 4.69) is 4.90 Å².